The Morgan fingerprint density at radius 3 is 2.84 bits per heavy atom. The maximum absolute atomic E-state index is 12.2. The first-order valence-corrected chi connectivity index (χ1v) is 6.36. The van der Waals surface area contributed by atoms with Gasteiger partial charge in [0.25, 0.3) is 6.43 Å². The third kappa shape index (κ3) is 4.07. The fraction of sp³-hybridized carbons (Fsp3) is 0.333. The first-order chi connectivity index (χ1) is 9.04. The quantitative estimate of drug-likeness (QED) is 0.914. The van der Waals surface area contributed by atoms with E-state index in [-0.39, 0.29) is 12.3 Å². The maximum Gasteiger partial charge on any atom is 0.264 e. The van der Waals surface area contributed by atoms with Gasteiger partial charge in [0.2, 0.25) is 5.89 Å². The molecule has 0 amide bonds. The standard InChI is InChI=1S/C12H11BrF2N2O2/c13-8-3-1-2-7(4-8)5-10-16-11(19-17-10)6-9(18)12(14)15/h1-4,9,12,18H,5-6H2. The molecule has 2 aromatic rings. The van der Waals surface area contributed by atoms with Gasteiger partial charge in [-0.05, 0) is 17.7 Å². The molecule has 0 radical (unpaired) electrons. The van der Waals surface area contributed by atoms with Gasteiger partial charge in [-0.1, -0.05) is 33.2 Å². The first kappa shape index (κ1) is 14.1. The van der Waals surface area contributed by atoms with Gasteiger partial charge in [-0.15, -0.1) is 0 Å². The Balaban J connectivity index is 2.01. The van der Waals surface area contributed by atoms with Crippen LogP contribution in [0.1, 0.15) is 17.3 Å². The van der Waals surface area contributed by atoms with Crippen LogP contribution in [-0.4, -0.2) is 27.8 Å². The number of aliphatic hydroxyl groups excluding tert-OH is 1. The predicted molar refractivity (Wildman–Crippen MR) is 67.0 cm³/mol. The van der Waals surface area contributed by atoms with Crippen LogP contribution < -0.4 is 0 Å². The van der Waals surface area contributed by atoms with Gasteiger partial charge in [0.15, 0.2) is 5.82 Å². The molecule has 4 nitrogen and oxygen atoms in total. The monoisotopic (exact) mass is 332 g/mol. The Labute approximate surface area is 116 Å². The predicted octanol–water partition coefficient (Wildman–Crippen LogP) is 2.59. The zero-order chi connectivity index (χ0) is 13.8. The molecule has 2 rings (SSSR count). The van der Waals surface area contributed by atoms with Crippen LogP contribution in [0.2, 0.25) is 0 Å². The molecule has 0 saturated heterocycles. The van der Waals surface area contributed by atoms with Crippen LogP contribution in [-0.2, 0) is 12.8 Å². The Kier molecular flexibility index (Phi) is 4.60. The van der Waals surface area contributed by atoms with Crippen molar-refractivity contribution in [3.63, 3.8) is 0 Å². The molecule has 0 saturated carbocycles. The SMILES string of the molecule is OC(Cc1nc(Cc2cccc(Br)c2)no1)C(F)F. The van der Waals surface area contributed by atoms with E-state index in [9.17, 15) is 8.78 Å². The van der Waals surface area contributed by atoms with Crippen molar-refractivity contribution in [2.45, 2.75) is 25.4 Å². The van der Waals surface area contributed by atoms with Crippen molar-refractivity contribution >= 4 is 15.9 Å². The van der Waals surface area contributed by atoms with E-state index in [0.717, 1.165) is 10.0 Å². The van der Waals surface area contributed by atoms with Crippen LogP contribution in [0.25, 0.3) is 0 Å². The van der Waals surface area contributed by atoms with Crippen LogP contribution in [0.4, 0.5) is 8.78 Å². The molecule has 1 unspecified atom stereocenters. The van der Waals surface area contributed by atoms with Crippen molar-refractivity contribution in [3.05, 3.63) is 46.0 Å². The molecule has 0 aliphatic carbocycles. The highest BCUT2D eigenvalue weighted by Gasteiger charge is 2.20. The van der Waals surface area contributed by atoms with Crippen molar-refractivity contribution in [2.75, 3.05) is 0 Å². The molecule has 1 heterocycles. The first-order valence-electron chi connectivity index (χ1n) is 5.56. The number of hydrogen-bond acceptors (Lipinski definition) is 4. The fourth-order valence-electron chi connectivity index (χ4n) is 1.54. The molecule has 102 valence electrons. The fourth-order valence-corrected chi connectivity index (χ4v) is 1.99. The molecule has 0 aliphatic heterocycles. The number of aliphatic hydroxyl groups is 1. The van der Waals surface area contributed by atoms with Gasteiger partial charge in [0.05, 0.1) is 6.42 Å². The van der Waals surface area contributed by atoms with E-state index in [1.807, 2.05) is 24.3 Å². The molecule has 1 aromatic carbocycles. The van der Waals surface area contributed by atoms with Crippen molar-refractivity contribution in [2.24, 2.45) is 0 Å². The molecule has 1 atom stereocenters. The number of alkyl halides is 2. The minimum absolute atomic E-state index is 0.0118. The van der Waals surface area contributed by atoms with Crippen molar-refractivity contribution in [3.8, 4) is 0 Å². The Bertz CT molecular complexity index is 548. The molecule has 1 N–H and O–H groups in total. The lowest BCUT2D eigenvalue weighted by Crippen LogP contribution is -2.20. The van der Waals surface area contributed by atoms with Crippen molar-refractivity contribution < 1.29 is 18.4 Å². The Hall–Kier alpha value is -1.34. The van der Waals surface area contributed by atoms with E-state index < -0.39 is 12.5 Å². The number of halogens is 3. The molecule has 19 heavy (non-hydrogen) atoms. The third-order valence-electron chi connectivity index (χ3n) is 2.44. The summed E-state index contributed by atoms with van der Waals surface area (Å²) < 4.78 is 30.1. The lowest BCUT2D eigenvalue weighted by Gasteiger charge is -2.04. The number of hydrogen-bond donors (Lipinski definition) is 1. The van der Waals surface area contributed by atoms with Gasteiger partial charge in [-0.3, -0.25) is 0 Å². The highest BCUT2D eigenvalue weighted by Crippen LogP contribution is 2.15. The van der Waals surface area contributed by atoms with Gasteiger partial charge >= 0.3 is 0 Å². The molecule has 0 bridgehead atoms. The summed E-state index contributed by atoms with van der Waals surface area (Å²) in [7, 11) is 0. The number of rotatable bonds is 5. The summed E-state index contributed by atoms with van der Waals surface area (Å²) in [5.41, 5.74) is 0.969. The van der Waals surface area contributed by atoms with Crippen molar-refractivity contribution in [1.29, 1.82) is 0 Å². The molecular formula is C12H11BrF2N2O2. The lowest BCUT2D eigenvalue weighted by atomic mass is 10.1. The normalized spacial score (nSPS) is 12.9. The third-order valence-corrected chi connectivity index (χ3v) is 2.93. The van der Waals surface area contributed by atoms with Crippen LogP contribution in [0.15, 0.2) is 33.3 Å². The van der Waals surface area contributed by atoms with E-state index in [1.165, 1.54) is 0 Å². The van der Waals surface area contributed by atoms with Crippen LogP contribution in [0.3, 0.4) is 0 Å². The molecule has 0 aliphatic rings. The van der Waals surface area contributed by atoms with E-state index in [2.05, 4.69) is 26.1 Å². The summed E-state index contributed by atoms with van der Waals surface area (Å²) in [6.45, 7) is 0. The van der Waals surface area contributed by atoms with E-state index >= 15 is 0 Å². The van der Waals surface area contributed by atoms with Gasteiger partial charge < -0.3 is 9.63 Å². The Morgan fingerprint density at radius 1 is 1.37 bits per heavy atom. The zero-order valence-electron chi connectivity index (χ0n) is 9.76. The summed E-state index contributed by atoms with van der Waals surface area (Å²) in [5, 5.41) is 12.7. The summed E-state index contributed by atoms with van der Waals surface area (Å²) in [5.74, 6) is 0.410. The van der Waals surface area contributed by atoms with E-state index in [4.69, 9.17) is 9.63 Å². The largest absolute Gasteiger partial charge is 0.387 e. The average molecular weight is 333 g/mol. The maximum atomic E-state index is 12.2. The van der Waals surface area contributed by atoms with Crippen LogP contribution >= 0.6 is 15.9 Å². The van der Waals surface area contributed by atoms with Gasteiger partial charge in [0, 0.05) is 10.9 Å². The second-order valence-corrected chi connectivity index (χ2v) is 4.93. The molecular weight excluding hydrogens is 322 g/mol. The summed E-state index contributed by atoms with van der Waals surface area (Å²) in [6.07, 6.45) is -4.50. The minimum Gasteiger partial charge on any atom is -0.387 e. The highest BCUT2D eigenvalue weighted by molar-refractivity contribution is 9.10. The second kappa shape index (κ2) is 6.21. The van der Waals surface area contributed by atoms with Crippen LogP contribution in [0, 0.1) is 0 Å². The molecule has 0 spiro atoms. The average Bonchev–Trinajstić information content (AvgIpc) is 2.76. The zero-order valence-corrected chi connectivity index (χ0v) is 11.3. The lowest BCUT2D eigenvalue weighted by molar-refractivity contribution is -0.00754. The number of benzene rings is 1. The summed E-state index contributed by atoms with van der Waals surface area (Å²) >= 11 is 3.35. The topological polar surface area (TPSA) is 59.2 Å². The second-order valence-electron chi connectivity index (χ2n) is 4.02. The van der Waals surface area contributed by atoms with Crippen LogP contribution in [0.5, 0.6) is 0 Å². The van der Waals surface area contributed by atoms with E-state index in [0.29, 0.717) is 12.2 Å². The minimum atomic E-state index is -2.82. The van der Waals surface area contributed by atoms with Gasteiger partial charge in [0.1, 0.15) is 6.10 Å². The van der Waals surface area contributed by atoms with Gasteiger partial charge in [-0.25, -0.2) is 8.78 Å². The smallest absolute Gasteiger partial charge is 0.264 e. The molecule has 1 aromatic heterocycles. The Morgan fingerprint density at radius 2 is 2.16 bits per heavy atom. The summed E-state index contributed by atoms with van der Waals surface area (Å²) in [6, 6.07) is 7.57. The van der Waals surface area contributed by atoms with E-state index in [1.54, 1.807) is 0 Å². The number of aromatic nitrogens is 2. The number of nitrogens with zero attached hydrogens (tertiary/aromatic N) is 2. The highest BCUT2D eigenvalue weighted by atomic mass is 79.9. The molecule has 7 heteroatoms. The summed E-state index contributed by atoms with van der Waals surface area (Å²) in [4.78, 5) is 3.97. The van der Waals surface area contributed by atoms with Crippen molar-refractivity contribution in [1.82, 2.24) is 10.1 Å². The molecule has 0 fully saturated rings. The van der Waals surface area contributed by atoms with Gasteiger partial charge in [-0.2, -0.15) is 4.98 Å².